The van der Waals surface area contributed by atoms with Gasteiger partial charge in [0.25, 0.3) is 0 Å². The summed E-state index contributed by atoms with van der Waals surface area (Å²) in [4.78, 5) is 36.6. The zero-order valence-electron chi connectivity index (χ0n) is 16.6. The van der Waals surface area contributed by atoms with E-state index in [1.165, 1.54) is 19.9 Å². The highest BCUT2D eigenvalue weighted by Gasteiger charge is 2.72. The number of halogens is 2. The van der Waals surface area contributed by atoms with E-state index < -0.39 is 57.2 Å². The third-order valence-electron chi connectivity index (χ3n) is 8.92. The molecule has 4 nitrogen and oxygen atoms in total. The average molecular weight is 392 g/mol. The molecule has 1 N–H and O–H groups in total. The van der Waals surface area contributed by atoms with Gasteiger partial charge in [0, 0.05) is 28.2 Å². The number of ketones is 3. The van der Waals surface area contributed by atoms with Crippen LogP contribution in [0.5, 0.6) is 0 Å². The van der Waals surface area contributed by atoms with E-state index in [-0.39, 0.29) is 30.6 Å². The van der Waals surface area contributed by atoms with Crippen molar-refractivity contribution in [2.45, 2.75) is 64.6 Å². The van der Waals surface area contributed by atoms with E-state index in [4.69, 9.17) is 0 Å². The summed E-state index contributed by atoms with van der Waals surface area (Å²) in [6.07, 6.45) is 3.07. The van der Waals surface area contributed by atoms with Gasteiger partial charge in [-0.3, -0.25) is 14.4 Å². The fourth-order valence-corrected chi connectivity index (χ4v) is 6.81. The second-order valence-corrected chi connectivity index (χ2v) is 9.59. The highest BCUT2D eigenvalue weighted by molar-refractivity contribution is 6.43. The zero-order chi connectivity index (χ0) is 20.9. The fraction of sp³-hybridized carbons (Fsp3) is 0.682. The van der Waals surface area contributed by atoms with Gasteiger partial charge in [0.1, 0.15) is 17.1 Å². The molecule has 4 rings (SSSR count). The molecule has 0 aromatic rings. The first kappa shape index (κ1) is 19.6. The maximum Gasteiger partial charge on any atom is 0.222 e. The molecule has 7 atom stereocenters. The molecule has 4 aliphatic carbocycles. The molecular formula is C22H26F2O4. The van der Waals surface area contributed by atoms with E-state index in [0.717, 1.165) is 6.08 Å². The third-order valence-corrected chi connectivity index (χ3v) is 8.92. The Balaban J connectivity index is 1.91. The maximum absolute atomic E-state index is 16.8. The van der Waals surface area contributed by atoms with Crippen LogP contribution in [0.1, 0.15) is 53.4 Å². The van der Waals surface area contributed by atoms with Gasteiger partial charge >= 0.3 is 0 Å². The molecule has 0 bridgehead atoms. The van der Waals surface area contributed by atoms with Gasteiger partial charge in [-0.05, 0) is 50.7 Å². The van der Waals surface area contributed by atoms with Crippen LogP contribution in [0.3, 0.4) is 0 Å². The molecule has 0 saturated heterocycles. The molecule has 0 aromatic carbocycles. The SMILES string of the molecule is CC(=O)[C@@]1(O)CC[C@H]2[C@@H]3C=C(F)C4=CC(=O)C(=O)C(C)[C@]4(C)[C@@]3(F)CC[C@@]21C. The molecule has 6 heteroatoms. The standard InChI is InChI=1S/C22H26F2O4/c1-11-18(27)17(26)10-15-16(23)9-14-13-5-6-22(28,12(2)25)19(13,3)7-8-21(14,24)20(11,15)4/h9-11,13-14,28H,5-8H2,1-4H3/t11?,13-,14-,19-,20-,21+,22-/m0/s1. The Kier molecular flexibility index (Phi) is 3.83. The summed E-state index contributed by atoms with van der Waals surface area (Å²) in [6, 6.07) is 0. The number of hydrogen-bond donors (Lipinski definition) is 1. The van der Waals surface area contributed by atoms with Crippen molar-refractivity contribution in [3.8, 4) is 0 Å². The molecule has 2 saturated carbocycles. The summed E-state index contributed by atoms with van der Waals surface area (Å²) in [5, 5.41) is 11.1. The van der Waals surface area contributed by atoms with Gasteiger partial charge in [0.05, 0.1) is 0 Å². The Morgan fingerprint density at radius 2 is 1.86 bits per heavy atom. The van der Waals surface area contributed by atoms with Crippen molar-refractivity contribution in [1.29, 1.82) is 0 Å². The fourth-order valence-electron chi connectivity index (χ4n) is 6.81. The lowest BCUT2D eigenvalue weighted by Gasteiger charge is -2.61. The lowest BCUT2D eigenvalue weighted by molar-refractivity contribution is -0.176. The Labute approximate surface area is 163 Å². The molecular weight excluding hydrogens is 366 g/mol. The van der Waals surface area contributed by atoms with Gasteiger partial charge in [0.15, 0.2) is 5.78 Å². The van der Waals surface area contributed by atoms with Gasteiger partial charge in [-0.15, -0.1) is 0 Å². The first-order valence-corrected chi connectivity index (χ1v) is 9.95. The van der Waals surface area contributed by atoms with E-state index in [0.29, 0.717) is 6.42 Å². The number of allylic oxidation sites excluding steroid dienone is 4. The summed E-state index contributed by atoms with van der Waals surface area (Å²) < 4.78 is 32.0. The van der Waals surface area contributed by atoms with Crippen molar-refractivity contribution in [3.05, 3.63) is 23.6 Å². The Bertz CT molecular complexity index is 876. The summed E-state index contributed by atoms with van der Waals surface area (Å²) in [5.41, 5.74) is -5.84. The zero-order valence-corrected chi connectivity index (χ0v) is 16.6. The summed E-state index contributed by atoms with van der Waals surface area (Å²) >= 11 is 0. The van der Waals surface area contributed by atoms with Gasteiger partial charge in [-0.2, -0.15) is 0 Å². The van der Waals surface area contributed by atoms with Gasteiger partial charge in [-0.1, -0.05) is 20.8 Å². The maximum atomic E-state index is 16.8. The molecule has 152 valence electrons. The lowest BCUT2D eigenvalue weighted by Crippen LogP contribution is -2.65. The number of alkyl halides is 1. The first-order chi connectivity index (χ1) is 12.8. The van der Waals surface area contributed by atoms with Gasteiger partial charge in [0.2, 0.25) is 11.6 Å². The number of hydrogen-bond acceptors (Lipinski definition) is 4. The van der Waals surface area contributed by atoms with E-state index >= 15 is 8.78 Å². The van der Waals surface area contributed by atoms with Crippen LogP contribution in [0.2, 0.25) is 0 Å². The van der Waals surface area contributed by atoms with Crippen LogP contribution in [0.4, 0.5) is 8.78 Å². The van der Waals surface area contributed by atoms with E-state index in [1.807, 2.05) is 0 Å². The van der Waals surface area contributed by atoms with Crippen molar-refractivity contribution in [1.82, 2.24) is 0 Å². The number of rotatable bonds is 1. The molecule has 0 aliphatic heterocycles. The molecule has 1 unspecified atom stereocenters. The summed E-state index contributed by atoms with van der Waals surface area (Å²) in [6.45, 7) is 6.18. The van der Waals surface area contributed by atoms with Gasteiger partial charge in [-0.25, -0.2) is 8.78 Å². The van der Waals surface area contributed by atoms with Crippen molar-refractivity contribution in [3.63, 3.8) is 0 Å². The largest absolute Gasteiger partial charge is 0.382 e. The average Bonchev–Trinajstić information content (AvgIpc) is 2.91. The predicted molar refractivity (Wildman–Crippen MR) is 97.6 cm³/mol. The molecule has 0 spiro atoms. The van der Waals surface area contributed by atoms with Crippen LogP contribution in [-0.4, -0.2) is 33.7 Å². The minimum absolute atomic E-state index is 0.0102. The monoisotopic (exact) mass is 392 g/mol. The van der Waals surface area contributed by atoms with Crippen LogP contribution in [0.25, 0.3) is 0 Å². The van der Waals surface area contributed by atoms with E-state index in [9.17, 15) is 19.5 Å². The Hall–Kier alpha value is -1.69. The smallest absolute Gasteiger partial charge is 0.222 e. The van der Waals surface area contributed by atoms with Crippen LogP contribution in [0.15, 0.2) is 23.6 Å². The van der Waals surface area contributed by atoms with Crippen LogP contribution in [0, 0.1) is 28.6 Å². The second-order valence-electron chi connectivity index (χ2n) is 9.59. The quantitative estimate of drug-likeness (QED) is 0.694. The Morgan fingerprint density at radius 3 is 2.46 bits per heavy atom. The van der Waals surface area contributed by atoms with Crippen molar-refractivity contribution >= 4 is 17.3 Å². The molecule has 0 aromatic heterocycles. The minimum Gasteiger partial charge on any atom is -0.382 e. The summed E-state index contributed by atoms with van der Waals surface area (Å²) in [7, 11) is 0. The molecule has 4 aliphatic rings. The molecule has 28 heavy (non-hydrogen) atoms. The normalized spacial score (nSPS) is 50.3. The molecule has 2 fully saturated rings. The number of fused-ring (bicyclic) bond motifs is 5. The van der Waals surface area contributed by atoms with Crippen molar-refractivity contribution < 1.29 is 28.3 Å². The topological polar surface area (TPSA) is 71.4 Å². The molecule has 0 radical (unpaired) electrons. The van der Waals surface area contributed by atoms with Crippen LogP contribution in [-0.2, 0) is 14.4 Å². The van der Waals surface area contributed by atoms with Crippen molar-refractivity contribution in [2.24, 2.45) is 28.6 Å². The summed E-state index contributed by atoms with van der Waals surface area (Å²) in [5.74, 6) is -4.78. The Morgan fingerprint density at radius 1 is 1.21 bits per heavy atom. The van der Waals surface area contributed by atoms with E-state index in [2.05, 4.69) is 0 Å². The highest BCUT2D eigenvalue weighted by Crippen LogP contribution is 2.70. The minimum atomic E-state index is -1.93. The predicted octanol–water partition coefficient (Wildman–Crippen LogP) is 3.43. The van der Waals surface area contributed by atoms with Crippen LogP contribution >= 0.6 is 0 Å². The highest BCUT2D eigenvalue weighted by atomic mass is 19.1. The lowest BCUT2D eigenvalue weighted by atomic mass is 9.44. The first-order valence-electron chi connectivity index (χ1n) is 9.95. The third kappa shape index (κ3) is 1.90. The van der Waals surface area contributed by atoms with Crippen molar-refractivity contribution in [2.75, 3.05) is 0 Å². The van der Waals surface area contributed by atoms with Crippen LogP contribution < -0.4 is 0 Å². The number of aliphatic hydroxyl groups is 1. The number of carbonyl (C=O) groups excluding carboxylic acids is 3. The molecule has 0 amide bonds. The van der Waals surface area contributed by atoms with Gasteiger partial charge < -0.3 is 5.11 Å². The number of carbonyl (C=O) groups is 3. The van der Waals surface area contributed by atoms with E-state index in [1.54, 1.807) is 13.8 Å². The molecule has 0 heterocycles. The number of Topliss-reactive ketones (excluding diaryl/α,β-unsaturated/α-hetero) is 2. The second kappa shape index (κ2) is 5.47.